The summed E-state index contributed by atoms with van der Waals surface area (Å²) in [5, 5.41) is 15.1. The fourth-order valence-electron chi connectivity index (χ4n) is 4.20. The van der Waals surface area contributed by atoms with Crippen LogP contribution in [0.2, 0.25) is 0 Å². The topological polar surface area (TPSA) is 107 Å². The summed E-state index contributed by atoms with van der Waals surface area (Å²) in [6.45, 7) is 0.484. The molecular weight excluding hydrogens is 466 g/mol. The fourth-order valence-corrected chi connectivity index (χ4v) is 4.51. The number of hydrogen-bond acceptors (Lipinski definition) is 7. The number of pyridine rings is 2. The maximum atomic E-state index is 11.2. The third kappa shape index (κ3) is 4.43. The van der Waals surface area contributed by atoms with E-state index in [-0.39, 0.29) is 17.8 Å². The summed E-state index contributed by atoms with van der Waals surface area (Å²) < 4.78 is 11.7. The predicted octanol–water partition coefficient (Wildman–Crippen LogP) is 4.83. The van der Waals surface area contributed by atoms with E-state index in [1.165, 1.54) is 19.2 Å². The quantitative estimate of drug-likeness (QED) is 0.223. The SMILES string of the molecule is COc1cc([N+](=O)[O-])ccc1-c1ccc(C2C(c3ccccn3)NC(=S)N2Cc2ccccn2)o1. The van der Waals surface area contributed by atoms with E-state index in [2.05, 4.69) is 15.3 Å². The van der Waals surface area contributed by atoms with Crippen molar-refractivity contribution in [2.45, 2.75) is 18.6 Å². The second kappa shape index (κ2) is 9.51. The summed E-state index contributed by atoms with van der Waals surface area (Å²) in [5.74, 6) is 1.55. The number of benzene rings is 1. The van der Waals surface area contributed by atoms with Crippen LogP contribution >= 0.6 is 12.2 Å². The van der Waals surface area contributed by atoms with Crippen LogP contribution in [0.15, 0.2) is 83.5 Å². The molecule has 0 radical (unpaired) electrons. The smallest absolute Gasteiger partial charge is 0.273 e. The minimum absolute atomic E-state index is 0.0560. The molecule has 1 aromatic carbocycles. The number of hydrogen-bond donors (Lipinski definition) is 1. The molecule has 1 saturated heterocycles. The Balaban J connectivity index is 1.54. The Morgan fingerprint density at radius 3 is 2.60 bits per heavy atom. The molecule has 5 rings (SSSR count). The lowest BCUT2D eigenvalue weighted by Gasteiger charge is -2.25. The molecule has 9 nitrogen and oxygen atoms in total. The molecular formula is C25H21N5O4S. The predicted molar refractivity (Wildman–Crippen MR) is 133 cm³/mol. The third-order valence-electron chi connectivity index (χ3n) is 5.84. The van der Waals surface area contributed by atoms with E-state index in [1.54, 1.807) is 18.5 Å². The minimum Gasteiger partial charge on any atom is -0.496 e. The van der Waals surface area contributed by atoms with Crippen LogP contribution in [0.4, 0.5) is 5.69 Å². The maximum Gasteiger partial charge on any atom is 0.273 e. The molecule has 2 atom stereocenters. The first-order chi connectivity index (χ1) is 17.0. The molecule has 3 aromatic heterocycles. The largest absolute Gasteiger partial charge is 0.496 e. The lowest BCUT2D eigenvalue weighted by Crippen LogP contribution is -2.29. The lowest BCUT2D eigenvalue weighted by atomic mass is 10.0. The molecule has 10 heteroatoms. The Hall–Kier alpha value is -4.31. The van der Waals surface area contributed by atoms with Gasteiger partial charge in [-0.2, -0.15) is 0 Å². The van der Waals surface area contributed by atoms with Crippen molar-refractivity contribution in [2.75, 3.05) is 7.11 Å². The number of aromatic nitrogens is 2. The zero-order chi connectivity index (χ0) is 24.4. The van der Waals surface area contributed by atoms with Crippen molar-refractivity contribution in [1.29, 1.82) is 0 Å². The van der Waals surface area contributed by atoms with Gasteiger partial charge in [0.25, 0.3) is 5.69 Å². The van der Waals surface area contributed by atoms with Crippen LogP contribution < -0.4 is 10.1 Å². The van der Waals surface area contributed by atoms with Crippen LogP contribution in [-0.4, -0.2) is 32.0 Å². The number of nitrogens with zero attached hydrogens (tertiary/aromatic N) is 4. The second-order valence-electron chi connectivity index (χ2n) is 7.92. The van der Waals surface area contributed by atoms with Gasteiger partial charge in [-0.3, -0.25) is 20.1 Å². The van der Waals surface area contributed by atoms with Crippen molar-refractivity contribution in [2.24, 2.45) is 0 Å². The standard InChI is InChI=1S/C25H21N5O4S/c1-33-22-14-17(30(31)32)8-9-18(22)20-10-11-21(34-20)24-23(19-7-3-5-13-27-19)28-25(35)29(24)15-16-6-2-4-12-26-16/h2-14,23-24H,15H2,1H3,(H,28,35). The van der Waals surface area contributed by atoms with E-state index >= 15 is 0 Å². The second-order valence-corrected chi connectivity index (χ2v) is 8.31. The molecule has 1 aliphatic heterocycles. The van der Waals surface area contributed by atoms with E-state index in [0.717, 1.165) is 11.4 Å². The number of ether oxygens (including phenoxy) is 1. The number of nitrogens with one attached hydrogen (secondary N) is 1. The molecule has 1 N–H and O–H groups in total. The first-order valence-corrected chi connectivity index (χ1v) is 11.3. The Morgan fingerprint density at radius 1 is 1.11 bits per heavy atom. The minimum atomic E-state index is -0.460. The zero-order valence-corrected chi connectivity index (χ0v) is 19.5. The van der Waals surface area contributed by atoms with Gasteiger partial charge in [0.15, 0.2) is 5.11 Å². The lowest BCUT2D eigenvalue weighted by molar-refractivity contribution is -0.384. The highest BCUT2D eigenvalue weighted by atomic mass is 32.1. The maximum absolute atomic E-state index is 11.2. The van der Waals surface area contributed by atoms with Gasteiger partial charge < -0.3 is 19.4 Å². The van der Waals surface area contributed by atoms with Crippen molar-refractivity contribution in [3.63, 3.8) is 0 Å². The first-order valence-electron chi connectivity index (χ1n) is 10.9. The molecule has 4 heterocycles. The summed E-state index contributed by atoms with van der Waals surface area (Å²) in [4.78, 5) is 21.7. The van der Waals surface area contributed by atoms with Crippen molar-refractivity contribution in [3.8, 4) is 17.1 Å². The van der Waals surface area contributed by atoms with Gasteiger partial charge in [0.2, 0.25) is 0 Å². The fraction of sp³-hybridized carbons (Fsp3) is 0.160. The zero-order valence-electron chi connectivity index (χ0n) is 18.7. The molecule has 4 aromatic rings. The molecule has 0 spiro atoms. The van der Waals surface area contributed by atoms with Gasteiger partial charge >= 0.3 is 0 Å². The van der Waals surface area contributed by atoms with Crippen LogP contribution in [0.1, 0.15) is 29.2 Å². The highest BCUT2D eigenvalue weighted by Gasteiger charge is 2.42. The van der Waals surface area contributed by atoms with Gasteiger partial charge in [0.05, 0.1) is 47.6 Å². The van der Waals surface area contributed by atoms with Gasteiger partial charge in [-0.1, -0.05) is 12.1 Å². The Morgan fingerprint density at radius 2 is 1.91 bits per heavy atom. The van der Waals surface area contributed by atoms with Gasteiger partial charge in [0.1, 0.15) is 23.3 Å². The number of thiocarbonyl (C=S) groups is 1. The van der Waals surface area contributed by atoms with Crippen molar-refractivity contribution in [1.82, 2.24) is 20.2 Å². The van der Waals surface area contributed by atoms with Crippen LogP contribution in [0.25, 0.3) is 11.3 Å². The van der Waals surface area contributed by atoms with Crippen molar-refractivity contribution < 1.29 is 14.1 Å². The Bertz CT molecular complexity index is 1360. The average Bonchev–Trinajstić information content (AvgIpc) is 3.49. The molecule has 0 amide bonds. The van der Waals surface area contributed by atoms with E-state index in [1.807, 2.05) is 53.4 Å². The molecule has 0 bridgehead atoms. The van der Waals surface area contributed by atoms with Crippen molar-refractivity contribution in [3.05, 3.63) is 106 Å². The van der Waals surface area contributed by atoms with E-state index in [4.69, 9.17) is 21.4 Å². The van der Waals surface area contributed by atoms with E-state index in [0.29, 0.717) is 34.5 Å². The average molecular weight is 488 g/mol. The summed E-state index contributed by atoms with van der Waals surface area (Å²) in [6, 6.07) is 19.1. The third-order valence-corrected chi connectivity index (χ3v) is 6.19. The van der Waals surface area contributed by atoms with Gasteiger partial charge in [0, 0.05) is 18.5 Å². The molecule has 0 saturated carbocycles. The number of rotatable bonds is 7. The Kier molecular flexibility index (Phi) is 6.11. The van der Waals surface area contributed by atoms with Gasteiger partial charge in [-0.25, -0.2) is 0 Å². The monoisotopic (exact) mass is 487 g/mol. The Labute approximate surface area is 206 Å². The van der Waals surface area contributed by atoms with Gasteiger partial charge in [-0.05, 0) is 54.7 Å². The molecule has 1 fully saturated rings. The van der Waals surface area contributed by atoms with Crippen LogP contribution in [0.3, 0.4) is 0 Å². The van der Waals surface area contributed by atoms with E-state index in [9.17, 15) is 10.1 Å². The number of methoxy groups -OCH3 is 1. The first kappa shape index (κ1) is 22.5. The van der Waals surface area contributed by atoms with Crippen LogP contribution in [-0.2, 0) is 6.54 Å². The highest BCUT2D eigenvalue weighted by Crippen LogP contribution is 2.42. The highest BCUT2D eigenvalue weighted by molar-refractivity contribution is 7.80. The number of non-ortho nitro benzene ring substituents is 1. The van der Waals surface area contributed by atoms with Crippen LogP contribution in [0, 0.1) is 10.1 Å². The normalized spacial score (nSPS) is 17.3. The molecule has 2 unspecified atom stereocenters. The molecule has 176 valence electrons. The number of nitro groups is 1. The summed E-state index contributed by atoms with van der Waals surface area (Å²) >= 11 is 5.71. The summed E-state index contributed by atoms with van der Waals surface area (Å²) in [5.41, 5.74) is 2.25. The number of nitro benzene ring substituents is 1. The number of furan rings is 1. The van der Waals surface area contributed by atoms with Crippen molar-refractivity contribution >= 4 is 23.0 Å². The summed E-state index contributed by atoms with van der Waals surface area (Å²) in [7, 11) is 1.47. The molecule has 0 aliphatic carbocycles. The molecule has 35 heavy (non-hydrogen) atoms. The molecule has 1 aliphatic rings. The van der Waals surface area contributed by atoms with Gasteiger partial charge in [-0.15, -0.1) is 0 Å². The summed E-state index contributed by atoms with van der Waals surface area (Å²) in [6.07, 6.45) is 3.49. The van der Waals surface area contributed by atoms with Crippen LogP contribution in [0.5, 0.6) is 5.75 Å². The van der Waals surface area contributed by atoms with E-state index < -0.39 is 4.92 Å².